The van der Waals surface area contributed by atoms with E-state index in [0.717, 1.165) is 51.9 Å². The molecule has 1 amide bonds. The molecule has 3 N–H and O–H groups in total. The van der Waals surface area contributed by atoms with Crippen molar-refractivity contribution < 1.29 is 4.79 Å². The minimum Gasteiger partial charge on any atom is -0.357 e. The first-order chi connectivity index (χ1) is 16.4. The molecular formula is C29H38N4O. The van der Waals surface area contributed by atoms with Gasteiger partial charge in [-0.15, -0.1) is 0 Å². The highest BCUT2D eigenvalue weighted by Gasteiger charge is 2.45. The van der Waals surface area contributed by atoms with Crippen LogP contribution in [0, 0.1) is 12.8 Å². The lowest BCUT2D eigenvalue weighted by atomic mass is 9.77. The first kappa shape index (κ1) is 23.1. The fraction of sp³-hybridized carbons (Fsp3) is 0.483. The molecule has 5 rings (SSSR count). The molecule has 2 aromatic carbocycles. The number of piperidine rings is 1. The van der Waals surface area contributed by atoms with Gasteiger partial charge in [0, 0.05) is 42.8 Å². The highest BCUT2D eigenvalue weighted by Crippen LogP contribution is 2.42. The summed E-state index contributed by atoms with van der Waals surface area (Å²) >= 11 is 0. The fourth-order valence-electron chi connectivity index (χ4n) is 5.74. The summed E-state index contributed by atoms with van der Waals surface area (Å²) in [6, 6.07) is 17.2. The Morgan fingerprint density at radius 1 is 1.15 bits per heavy atom. The molecule has 5 heteroatoms. The van der Waals surface area contributed by atoms with Gasteiger partial charge in [0.25, 0.3) is 0 Å². The first-order valence-electron chi connectivity index (χ1n) is 12.9. The molecule has 1 unspecified atom stereocenters. The van der Waals surface area contributed by atoms with Crippen LogP contribution in [0.2, 0.25) is 0 Å². The number of benzene rings is 2. The van der Waals surface area contributed by atoms with E-state index in [9.17, 15) is 4.79 Å². The minimum absolute atomic E-state index is 0.138. The third-order valence-electron chi connectivity index (χ3n) is 7.69. The lowest BCUT2D eigenvalue weighted by Crippen LogP contribution is -2.61. The molecule has 1 aromatic heterocycles. The number of aryl methyl sites for hydroxylation is 1. The van der Waals surface area contributed by atoms with Crippen molar-refractivity contribution in [3.8, 4) is 0 Å². The second-order valence-electron chi connectivity index (χ2n) is 10.7. The number of nitrogens with one attached hydrogen (secondary N) is 3. The molecule has 0 aliphatic carbocycles. The summed E-state index contributed by atoms with van der Waals surface area (Å²) in [6.45, 7) is 10.3. The monoisotopic (exact) mass is 458 g/mol. The van der Waals surface area contributed by atoms with Gasteiger partial charge in [0.1, 0.15) is 0 Å². The van der Waals surface area contributed by atoms with E-state index in [0.29, 0.717) is 5.92 Å². The SMILES string of the molecule is Cc1ccc2[nH]c3c(c2c1)CC(C(=O)NCCC(C)C)NC31CCN(Cc2ccccc2)CC1. The molecule has 0 saturated carbocycles. The number of rotatable bonds is 6. The molecule has 2 aliphatic rings. The van der Waals surface area contributed by atoms with Crippen molar-refractivity contribution >= 4 is 16.8 Å². The van der Waals surface area contributed by atoms with E-state index in [1.807, 2.05) is 0 Å². The second kappa shape index (κ2) is 9.55. The van der Waals surface area contributed by atoms with Crippen molar-refractivity contribution in [2.24, 2.45) is 5.92 Å². The molecule has 3 aromatic rings. The molecule has 34 heavy (non-hydrogen) atoms. The molecule has 180 valence electrons. The zero-order valence-corrected chi connectivity index (χ0v) is 20.8. The van der Waals surface area contributed by atoms with Crippen LogP contribution in [0.4, 0.5) is 0 Å². The Hall–Kier alpha value is -2.63. The Morgan fingerprint density at radius 2 is 1.91 bits per heavy atom. The van der Waals surface area contributed by atoms with Crippen molar-refractivity contribution in [3.63, 3.8) is 0 Å². The number of fused-ring (bicyclic) bond motifs is 4. The summed E-state index contributed by atoms with van der Waals surface area (Å²) < 4.78 is 0. The Bertz CT molecular complexity index is 1140. The van der Waals surface area contributed by atoms with Gasteiger partial charge in [-0.05, 0) is 61.8 Å². The summed E-state index contributed by atoms with van der Waals surface area (Å²) in [4.78, 5) is 19.6. The lowest BCUT2D eigenvalue weighted by molar-refractivity contribution is -0.124. The summed E-state index contributed by atoms with van der Waals surface area (Å²) in [5.41, 5.74) is 6.26. The number of carbonyl (C=O) groups excluding carboxylic acids is 1. The normalized spacial score (nSPS) is 20.1. The second-order valence-corrected chi connectivity index (χ2v) is 10.7. The maximum atomic E-state index is 13.3. The third kappa shape index (κ3) is 4.64. The van der Waals surface area contributed by atoms with E-state index in [4.69, 9.17) is 0 Å². The minimum atomic E-state index is -0.195. The van der Waals surface area contributed by atoms with Gasteiger partial charge in [-0.2, -0.15) is 0 Å². The Labute approximate surface area is 203 Å². The highest BCUT2D eigenvalue weighted by molar-refractivity contribution is 5.89. The van der Waals surface area contributed by atoms with Crippen molar-refractivity contribution in [2.45, 2.75) is 64.6 Å². The fourth-order valence-corrected chi connectivity index (χ4v) is 5.74. The maximum absolute atomic E-state index is 13.3. The summed E-state index contributed by atoms with van der Waals surface area (Å²) in [5.74, 6) is 0.725. The van der Waals surface area contributed by atoms with Crippen LogP contribution >= 0.6 is 0 Å². The lowest BCUT2D eigenvalue weighted by Gasteiger charge is -2.47. The van der Waals surface area contributed by atoms with Gasteiger partial charge in [0.2, 0.25) is 5.91 Å². The Kier molecular flexibility index (Phi) is 6.50. The number of amides is 1. The van der Waals surface area contributed by atoms with Gasteiger partial charge in [-0.3, -0.25) is 15.0 Å². The Morgan fingerprint density at radius 3 is 2.65 bits per heavy atom. The maximum Gasteiger partial charge on any atom is 0.237 e. The van der Waals surface area contributed by atoms with Crippen LogP contribution in [-0.4, -0.2) is 41.5 Å². The molecule has 5 nitrogen and oxygen atoms in total. The zero-order chi connectivity index (χ0) is 23.7. The highest BCUT2D eigenvalue weighted by atomic mass is 16.2. The first-order valence-corrected chi connectivity index (χ1v) is 12.9. The van der Waals surface area contributed by atoms with E-state index < -0.39 is 0 Å². The molecule has 0 radical (unpaired) electrons. The van der Waals surface area contributed by atoms with Gasteiger partial charge in [0.15, 0.2) is 0 Å². The number of nitrogens with zero attached hydrogens (tertiary/aromatic N) is 1. The van der Waals surface area contributed by atoms with E-state index >= 15 is 0 Å². The van der Waals surface area contributed by atoms with Crippen LogP contribution in [0.15, 0.2) is 48.5 Å². The van der Waals surface area contributed by atoms with Gasteiger partial charge < -0.3 is 10.3 Å². The number of carbonyl (C=O) groups is 1. The third-order valence-corrected chi connectivity index (χ3v) is 7.69. The largest absolute Gasteiger partial charge is 0.357 e. The van der Waals surface area contributed by atoms with Crippen LogP contribution in [0.1, 0.15) is 55.5 Å². The van der Waals surface area contributed by atoms with E-state index in [2.05, 4.69) is 89.8 Å². The van der Waals surface area contributed by atoms with Crippen LogP contribution in [0.5, 0.6) is 0 Å². The number of aromatic nitrogens is 1. The van der Waals surface area contributed by atoms with Crippen LogP contribution < -0.4 is 10.6 Å². The van der Waals surface area contributed by atoms with Gasteiger partial charge in [0.05, 0.1) is 11.6 Å². The molecule has 2 aliphatic heterocycles. The smallest absolute Gasteiger partial charge is 0.237 e. The topological polar surface area (TPSA) is 60.2 Å². The molecule has 1 fully saturated rings. The van der Waals surface area contributed by atoms with Crippen LogP contribution in [-0.2, 0) is 23.3 Å². The molecule has 1 spiro atoms. The quantitative estimate of drug-likeness (QED) is 0.504. The number of hydrogen-bond donors (Lipinski definition) is 3. The van der Waals surface area contributed by atoms with Crippen molar-refractivity contribution in [1.29, 1.82) is 0 Å². The zero-order valence-electron chi connectivity index (χ0n) is 20.8. The van der Waals surface area contributed by atoms with E-state index in [1.54, 1.807) is 0 Å². The predicted octanol–water partition coefficient (Wildman–Crippen LogP) is 4.64. The summed E-state index contributed by atoms with van der Waals surface area (Å²) in [6.07, 6.45) is 3.74. The standard InChI is InChI=1S/C29H38N4O/c1-20(2)11-14-30-28(34)26-18-24-23-17-21(3)9-10-25(23)31-27(24)29(32-26)12-15-33(16-13-29)19-22-7-5-4-6-8-22/h4-10,17,20,26,31-32H,11-16,18-19H2,1-3H3,(H,30,34). The number of H-pyrrole nitrogens is 1. The molecule has 1 atom stereocenters. The van der Waals surface area contributed by atoms with E-state index in [1.165, 1.54) is 33.3 Å². The molecule has 1 saturated heterocycles. The summed E-state index contributed by atoms with van der Waals surface area (Å²) in [5, 5.41) is 8.34. The Balaban J connectivity index is 1.41. The molecule has 0 bridgehead atoms. The van der Waals surface area contributed by atoms with Crippen LogP contribution in [0.25, 0.3) is 10.9 Å². The van der Waals surface area contributed by atoms with Gasteiger partial charge in [-0.25, -0.2) is 0 Å². The summed E-state index contributed by atoms with van der Waals surface area (Å²) in [7, 11) is 0. The van der Waals surface area contributed by atoms with Crippen molar-refractivity contribution in [3.05, 3.63) is 70.9 Å². The number of likely N-dealkylation sites (tertiary alicyclic amines) is 1. The van der Waals surface area contributed by atoms with Crippen molar-refractivity contribution in [1.82, 2.24) is 20.5 Å². The molecule has 3 heterocycles. The average molecular weight is 459 g/mol. The predicted molar refractivity (Wildman–Crippen MR) is 139 cm³/mol. The molecular weight excluding hydrogens is 420 g/mol. The van der Waals surface area contributed by atoms with Crippen molar-refractivity contribution in [2.75, 3.05) is 19.6 Å². The van der Waals surface area contributed by atoms with Crippen LogP contribution in [0.3, 0.4) is 0 Å². The van der Waals surface area contributed by atoms with E-state index in [-0.39, 0.29) is 17.5 Å². The van der Waals surface area contributed by atoms with Gasteiger partial charge in [-0.1, -0.05) is 55.8 Å². The van der Waals surface area contributed by atoms with Gasteiger partial charge >= 0.3 is 0 Å². The number of aromatic amines is 1. The average Bonchev–Trinajstić information content (AvgIpc) is 3.20. The number of hydrogen-bond acceptors (Lipinski definition) is 3.